The molecule has 0 bridgehead atoms. The number of benzene rings is 1. The molecule has 1 atom stereocenters. The normalized spacial score (nSPS) is 24.9. The molecule has 2 N–H and O–H groups in total. The van der Waals surface area contributed by atoms with E-state index in [9.17, 15) is 19.2 Å². The Balaban J connectivity index is 1.21. The second-order valence-electron chi connectivity index (χ2n) is 9.49. The van der Waals surface area contributed by atoms with Gasteiger partial charge in [-0.15, -0.1) is 0 Å². The summed E-state index contributed by atoms with van der Waals surface area (Å²) < 4.78 is 0. The molecule has 33 heavy (non-hydrogen) atoms. The highest BCUT2D eigenvalue weighted by atomic mass is 16.2. The fourth-order valence-electron chi connectivity index (χ4n) is 5.44. The van der Waals surface area contributed by atoms with Gasteiger partial charge >= 0.3 is 0 Å². The molecule has 0 aromatic heterocycles. The van der Waals surface area contributed by atoms with E-state index in [0.717, 1.165) is 75.2 Å². The van der Waals surface area contributed by atoms with Crippen LogP contribution in [-0.4, -0.2) is 85.3 Å². The zero-order chi connectivity index (χ0) is 22.9. The highest BCUT2D eigenvalue weighted by Crippen LogP contribution is 2.32. The van der Waals surface area contributed by atoms with E-state index in [-0.39, 0.29) is 18.7 Å². The quantitative estimate of drug-likeness (QED) is 0.630. The number of hydrogen-bond acceptors (Lipinski definition) is 7. The molecule has 1 aromatic rings. The van der Waals surface area contributed by atoms with E-state index in [4.69, 9.17) is 0 Å². The highest BCUT2D eigenvalue weighted by molar-refractivity contribution is 6.23. The number of anilines is 1. The molecule has 176 valence electrons. The first-order valence-corrected chi connectivity index (χ1v) is 12.0. The minimum atomic E-state index is -0.926. The van der Waals surface area contributed by atoms with Crippen molar-refractivity contribution in [2.45, 2.75) is 38.1 Å². The van der Waals surface area contributed by atoms with E-state index in [0.29, 0.717) is 11.1 Å². The average Bonchev–Trinajstić information content (AvgIpc) is 3.08. The number of nitrogens with one attached hydrogen (secondary N) is 2. The summed E-state index contributed by atoms with van der Waals surface area (Å²) in [7, 11) is 0. The fourth-order valence-corrected chi connectivity index (χ4v) is 5.44. The summed E-state index contributed by atoms with van der Waals surface area (Å²) in [4.78, 5) is 55.5. The number of hydrogen-bond donors (Lipinski definition) is 2. The van der Waals surface area contributed by atoms with E-state index in [1.807, 2.05) is 6.07 Å². The second kappa shape index (κ2) is 9.23. The standard InChI is InChI=1S/C24H31N5O4/c30-21-4-3-20(22(31)26-21)29-23(32)18-2-1-17(15-19(18)24(29)33)28-11-6-16(7-12-28)5-10-27-13-8-25-9-14-27/h1-2,15-16,20,25H,3-14H2,(H,26,30,31). The summed E-state index contributed by atoms with van der Waals surface area (Å²) in [5.41, 5.74) is 1.63. The molecule has 4 amide bonds. The van der Waals surface area contributed by atoms with Crippen LogP contribution < -0.4 is 15.5 Å². The first-order chi connectivity index (χ1) is 16.0. The van der Waals surface area contributed by atoms with Crippen molar-refractivity contribution in [3.8, 4) is 0 Å². The number of piperazine rings is 1. The third kappa shape index (κ3) is 4.39. The van der Waals surface area contributed by atoms with E-state index in [1.54, 1.807) is 12.1 Å². The van der Waals surface area contributed by atoms with E-state index in [1.165, 1.54) is 6.42 Å². The van der Waals surface area contributed by atoms with Gasteiger partial charge in [-0.2, -0.15) is 0 Å². The van der Waals surface area contributed by atoms with Gasteiger partial charge in [-0.05, 0) is 56.3 Å². The summed E-state index contributed by atoms with van der Waals surface area (Å²) >= 11 is 0. The minimum Gasteiger partial charge on any atom is -0.371 e. The molecule has 0 radical (unpaired) electrons. The largest absolute Gasteiger partial charge is 0.371 e. The Bertz CT molecular complexity index is 966. The molecule has 0 aliphatic carbocycles. The number of fused-ring (bicyclic) bond motifs is 1. The Hall–Kier alpha value is -2.78. The van der Waals surface area contributed by atoms with Gasteiger partial charge in [0, 0.05) is 51.4 Å². The molecule has 4 aliphatic heterocycles. The van der Waals surface area contributed by atoms with Gasteiger partial charge in [0.2, 0.25) is 11.8 Å². The van der Waals surface area contributed by atoms with Crippen molar-refractivity contribution in [2.24, 2.45) is 5.92 Å². The van der Waals surface area contributed by atoms with Crippen LogP contribution in [0.2, 0.25) is 0 Å². The molecule has 9 nitrogen and oxygen atoms in total. The SMILES string of the molecule is O=C1CCC(N2C(=O)c3ccc(N4CCC(CCN5CCNCC5)CC4)cc3C2=O)C(=O)N1. The lowest BCUT2D eigenvalue weighted by molar-refractivity contribution is -0.136. The first kappa shape index (κ1) is 22.0. The van der Waals surface area contributed by atoms with Crippen molar-refractivity contribution in [1.29, 1.82) is 0 Å². The van der Waals surface area contributed by atoms with E-state index < -0.39 is 23.8 Å². The lowest BCUT2D eigenvalue weighted by Crippen LogP contribution is -2.54. The van der Waals surface area contributed by atoms with E-state index >= 15 is 0 Å². The van der Waals surface area contributed by atoms with Crippen molar-refractivity contribution >= 4 is 29.3 Å². The predicted octanol–water partition coefficient (Wildman–Crippen LogP) is 0.600. The zero-order valence-electron chi connectivity index (χ0n) is 18.8. The number of nitrogens with zero attached hydrogens (tertiary/aromatic N) is 3. The number of carbonyl (C=O) groups excluding carboxylic acids is 4. The van der Waals surface area contributed by atoms with Crippen LogP contribution in [0, 0.1) is 5.92 Å². The van der Waals surface area contributed by atoms with Crippen LogP contribution in [0.4, 0.5) is 5.69 Å². The van der Waals surface area contributed by atoms with Crippen molar-refractivity contribution in [1.82, 2.24) is 20.4 Å². The first-order valence-electron chi connectivity index (χ1n) is 12.0. The molecule has 1 aromatic carbocycles. The molecular weight excluding hydrogens is 422 g/mol. The van der Waals surface area contributed by atoms with Crippen LogP contribution in [-0.2, 0) is 9.59 Å². The zero-order valence-corrected chi connectivity index (χ0v) is 18.8. The minimum absolute atomic E-state index is 0.124. The van der Waals surface area contributed by atoms with Crippen molar-refractivity contribution < 1.29 is 19.2 Å². The maximum absolute atomic E-state index is 13.1. The third-order valence-corrected chi connectivity index (χ3v) is 7.47. The summed E-state index contributed by atoms with van der Waals surface area (Å²) in [6.07, 6.45) is 3.77. The van der Waals surface area contributed by atoms with Gasteiger partial charge in [0.05, 0.1) is 11.1 Å². The van der Waals surface area contributed by atoms with Crippen LogP contribution in [0.15, 0.2) is 18.2 Å². The van der Waals surface area contributed by atoms with Crippen LogP contribution in [0.1, 0.15) is 52.8 Å². The Morgan fingerprint density at radius 1 is 0.879 bits per heavy atom. The average molecular weight is 454 g/mol. The summed E-state index contributed by atoms with van der Waals surface area (Å²) in [5, 5.41) is 5.63. The fraction of sp³-hybridized carbons (Fsp3) is 0.583. The summed E-state index contributed by atoms with van der Waals surface area (Å²) in [5.74, 6) is -1.13. The maximum atomic E-state index is 13.1. The highest BCUT2D eigenvalue weighted by Gasteiger charge is 2.44. The van der Waals surface area contributed by atoms with Gasteiger partial charge in [0.25, 0.3) is 11.8 Å². The molecular formula is C24H31N5O4. The molecule has 3 saturated heterocycles. The topological polar surface area (TPSA) is 102 Å². The van der Waals surface area contributed by atoms with Crippen LogP contribution >= 0.6 is 0 Å². The number of amides is 4. The summed E-state index contributed by atoms with van der Waals surface area (Å²) in [6, 6.07) is 4.47. The molecule has 9 heteroatoms. The predicted molar refractivity (Wildman–Crippen MR) is 122 cm³/mol. The molecule has 4 aliphatic rings. The third-order valence-electron chi connectivity index (χ3n) is 7.47. The lowest BCUT2D eigenvalue weighted by Gasteiger charge is -2.35. The Morgan fingerprint density at radius 3 is 2.33 bits per heavy atom. The monoisotopic (exact) mass is 453 g/mol. The van der Waals surface area contributed by atoms with Crippen LogP contribution in [0.25, 0.3) is 0 Å². The van der Waals surface area contributed by atoms with Crippen LogP contribution in [0.5, 0.6) is 0 Å². The van der Waals surface area contributed by atoms with Gasteiger partial charge in [-0.1, -0.05) is 0 Å². The van der Waals surface area contributed by atoms with Crippen molar-refractivity contribution in [3.05, 3.63) is 29.3 Å². The molecule has 1 unspecified atom stereocenters. The Labute approximate surface area is 193 Å². The van der Waals surface area contributed by atoms with Gasteiger partial charge in [-0.3, -0.25) is 29.4 Å². The molecule has 0 saturated carbocycles. The van der Waals surface area contributed by atoms with Crippen molar-refractivity contribution in [2.75, 3.05) is 50.7 Å². The van der Waals surface area contributed by atoms with E-state index in [2.05, 4.69) is 20.4 Å². The molecule has 0 spiro atoms. The van der Waals surface area contributed by atoms with Crippen LogP contribution in [0.3, 0.4) is 0 Å². The second-order valence-corrected chi connectivity index (χ2v) is 9.49. The van der Waals surface area contributed by atoms with Gasteiger partial charge < -0.3 is 15.1 Å². The van der Waals surface area contributed by atoms with Crippen molar-refractivity contribution in [3.63, 3.8) is 0 Å². The molecule has 3 fully saturated rings. The summed E-state index contributed by atoms with van der Waals surface area (Å²) in [6.45, 7) is 7.47. The number of rotatable bonds is 5. The number of carbonyl (C=O) groups is 4. The number of imide groups is 2. The lowest BCUT2D eigenvalue weighted by atomic mass is 9.92. The molecule has 5 rings (SSSR count). The van der Waals surface area contributed by atoms with Gasteiger partial charge in [-0.25, -0.2) is 0 Å². The van der Waals surface area contributed by atoms with Gasteiger partial charge in [0.15, 0.2) is 0 Å². The Kier molecular flexibility index (Phi) is 6.16. The smallest absolute Gasteiger partial charge is 0.262 e. The Morgan fingerprint density at radius 2 is 1.61 bits per heavy atom. The maximum Gasteiger partial charge on any atom is 0.262 e. The molecule has 4 heterocycles. The number of piperidine rings is 2. The van der Waals surface area contributed by atoms with Gasteiger partial charge in [0.1, 0.15) is 6.04 Å².